The van der Waals surface area contributed by atoms with E-state index < -0.39 is 8.80 Å². The molecule has 1 aromatic carbocycles. The summed E-state index contributed by atoms with van der Waals surface area (Å²) in [7, 11) is -0.434. The summed E-state index contributed by atoms with van der Waals surface area (Å²) in [6, 6.07) is 12.5. The van der Waals surface area contributed by atoms with E-state index in [1.807, 2.05) is 6.07 Å². The van der Waals surface area contributed by atoms with Crippen LogP contribution in [-0.4, -0.2) is 8.80 Å². The number of unbranched alkanes of at least 4 members (excludes halogenated alkanes) is 2. The quantitative estimate of drug-likeness (QED) is 0.426. The van der Waals surface area contributed by atoms with Crippen molar-refractivity contribution in [3.8, 4) is 0 Å². The third-order valence-corrected chi connectivity index (χ3v) is 7.85. The third-order valence-electron chi connectivity index (χ3n) is 4.32. The molecule has 0 spiro atoms. The molecule has 0 unspecified atom stereocenters. The molecule has 0 saturated carbocycles. The van der Waals surface area contributed by atoms with Gasteiger partial charge in [0, 0.05) is 14.6 Å². The van der Waals surface area contributed by atoms with Gasteiger partial charge < -0.3 is 12.4 Å². The molecule has 1 saturated heterocycles. The first-order valence-electron chi connectivity index (χ1n) is 7.46. The van der Waals surface area contributed by atoms with Gasteiger partial charge in [-0.3, -0.25) is 0 Å². The standard InChI is InChI=1S/C16H24FSi.ClH.Zn/c1-2-3-4-10-18-11-8-14(9-12-18)15-6-5-7-16(17)13-15;;/h5-6,13-14,18H,2-4,8-12H2,1H3;1H;/q-1;;+2/p-1. The summed E-state index contributed by atoms with van der Waals surface area (Å²) in [5, 5.41) is 0. The third kappa shape index (κ3) is 6.37. The molecular formula is C16H24ClFSiZn. The fraction of sp³-hybridized carbons (Fsp3) is 0.625. The monoisotopic (exact) mass is 362 g/mol. The first-order valence-corrected chi connectivity index (χ1v) is 9.91. The molecule has 0 bridgehead atoms. The van der Waals surface area contributed by atoms with Crippen molar-refractivity contribution in [1.29, 1.82) is 0 Å². The SMILES string of the molecule is CCCCC[SiH]1CCC(c2cc[c-]c(F)c2)CC1.[Cl-].[Zn+2]. The first-order chi connectivity index (χ1) is 8.79. The van der Waals surface area contributed by atoms with Gasteiger partial charge in [0.2, 0.25) is 0 Å². The second-order valence-corrected chi connectivity index (χ2v) is 9.15. The average Bonchev–Trinajstić information content (AvgIpc) is 2.40. The van der Waals surface area contributed by atoms with Crippen LogP contribution < -0.4 is 12.4 Å². The van der Waals surface area contributed by atoms with Gasteiger partial charge in [-0.1, -0.05) is 57.2 Å². The molecule has 1 heterocycles. The van der Waals surface area contributed by atoms with Crippen LogP contribution >= 0.6 is 0 Å². The molecule has 108 valence electrons. The summed E-state index contributed by atoms with van der Waals surface area (Å²) >= 11 is 0. The molecule has 0 N–H and O–H groups in total. The number of benzene rings is 1. The fourth-order valence-electron chi connectivity index (χ4n) is 3.18. The van der Waals surface area contributed by atoms with Crippen molar-refractivity contribution in [2.24, 2.45) is 0 Å². The van der Waals surface area contributed by atoms with Gasteiger partial charge in [0.1, 0.15) is 0 Å². The Balaban J connectivity index is 0.00000180. The normalized spacial score (nSPS) is 21.7. The van der Waals surface area contributed by atoms with E-state index in [9.17, 15) is 4.39 Å². The van der Waals surface area contributed by atoms with Crippen molar-refractivity contribution >= 4 is 8.80 Å². The molecular weight excluding hydrogens is 340 g/mol. The van der Waals surface area contributed by atoms with Crippen LogP contribution in [0.3, 0.4) is 0 Å². The molecule has 0 atom stereocenters. The van der Waals surface area contributed by atoms with Crippen LogP contribution in [0.2, 0.25) is 18.1 Å². The zero-order valence-electron chi connectivity index (χ0n) is 12.5. The second-order valence-electron chi connectivity index (χ2n) is 5.68. The minimum Gasteiger partial charge on any atom is -1.00 e. The number of hydrogen-bond acceptors (Lipinski definition) is 0. The maximum Gasteiger partial charge on any atom is 2.00 e. The first kappa shape index (κ1) is 20.3. The van der Waals surface area contributed by atoms with Gasteiger partial charge in [0.15, 0.2) is 0 Å². The van der Waals surface area contributed by atoms with Crippen LogP contribution in [0.15, 0.2) is 18.2 Å². The van der Waals surface area contributed by atoms with Crippen LogP contribution in [0.4, 0.5) is 4.39 Å². The molecule has 2 rings (SSSR count). The van der Waals surface area contributed by atoms with Gasteiger partial charge in [0.05, 0.1) is 0 Å². The van der Waals surface area contributed by atoms with Gasteiger partial charge in [-0.25, -0.2) is 4.39 Å². The molecule has 4 heteroatoms. The van der Waals surface area contributed by atoms with Gasteiger partial charge in [-0.05, 0) is 5.92 Å². The van der Waals surface area contributed by atoms with Crippen molar-refractivity contribution in [1.82, 2.24) is 0 Å². The Hall–Kier alpha value is 0.280. The summed E-state index contributed by atoms with van der Waals surface area (Å²) in [5.41, 5.74) is 1.20. The Morgan fingerprint density at radius 2 is 2.00 bits per heavy atom. The molecule has 0 aliphatic carbocycles. The van der Waals surface area contributed by atoms with E-state index in [0.717, 1.165) is 0 Å². The molecule has 1 aliphatic rings. The summed E-state index contributed by atoms with van der Waals surface area (Å²) < 4.78 is 13.2. The minimum absolute atomic E-state index is 0. The molecule has 1 aromatic rings. The van der Waals surface area contributed by atoms with Crippen LogP contribution in [0.25, 0.3) is 0 Å². The second kappa shape index (κ2) is 10.9. The summed E-state index contributed by atoms with van der Waals surface area (Å²) in [4.78, 5) is 0. The Kier molecular flexibility index (Phi) is 11.1. The molecule has 1 aliphatic heterocycles. The molecule has 0 nitrogen and oxygen atoms in total. The van der Waals surface area contributed by atoms with Crippen molar-refractivity contribution in [2.45, 2.75) is 63.1 Å². The fourth-order valence-corrected chi connectivity index (χ4v) is 6.65. The van der Waals surface area contributed by atoms with Crippen molar-refractivity contribution < 1.29 is 36.3 Å². The Morgan fingerprint density at radius 1 is 1.30 bits per heavy atom. The van der Waals surface area contributed by atoms with Gasteiger partial charge in [-0.2, -0.15) is 17.7 Å². The number of rotatable bonds is 5. The molecule has 0 radical (unpaired) electrons. The van der Waals surface area contributed by atoms with Gasteiger partial charge in [0.25, 0.3) is 0 Å². The summed E-state index contributed by atoms with van der Waals surface area (Å²) in [5.74, 6) is 0.416. The van der Waals surface area contributed by atoms with Crippen molar-refractivity contribution in [3.63, 3.8) is 0 Å². The zero-order chi connectivity index (χ0) is 12.8. The maximum atomic E-state index is 13.2. The van der Waals surface area contributed by atoms with Crippen molar-refractivity contribution in [3.05, 3.63) is 35.6 Å². The smallest absolute Gasteiger partial charge is 1.00 e. The average molecular weight is 364 g/mol. The van der Waals surface area contributed by atoms with Crippen LogP contribution in [0.1, 0.15) is 50.5 Å². The largest absolute Gasteiger partial charge is 2.00 e. The van der Waals surface area contributed by atoms with Crippen molar-refractivity contribution in [2.75, 3.05) is 0 Å². The molecule has 20 heavy (non-hydrogen) atoms. The Morgan fingerprint density at radius 3 is 2.60 bits per heavy atom. The van der Waals surface area contributed by atoms with E-state index in [1.54, 1.807) is 12.1 Å². The Bertz CT molecular complexity index is 367. The number of hydrogen-bond donors (Lipinski definition) is 0. The summed E-state index contributed by atoms with van der Waals surface area (Å²) in [6.45, 7) is 2.28. The van der Waals surface area contributed by atoms with E-state index in [4.69, 9.17) is 0 Å². The van der Waals surface area contributed by atoms with Crippen LogP contribution in [-0.2, 0) is 19.5 Å². The van der Waals surface area contributed by atoms with E-state index in [-0.39, 0.29) is 37.7 Å². The van der Waals surface area contributed by atoms with Gasteiger partial charge >= 0.3 is 19.5 Å². The van der Waals surface area contributed by atoms with Gasteiger partial charge in [-0.15, -0.1) is 12.1 Å². The van der Waals surface area contributed by atoms with E-state index in [2.05, 4.69) is 13.0 Å². The molecule has 1 fully saturated rings. The minimum atomic E-state index is -0.434. The van der Waals surface area contributed by atoms with Crippen LogP contribution in [0, 0.1) is 11.9 Å². The van der Waals surface area contributed by atoms with E-state index in [1.165, 1.54) is 55.8 Å². The molecule has 0 amide bonds. The maximum absolute atomic E-state index is 13.2. The molecule has 0 aromatic heterocycles. The Labute approximate surface area is 143 Å². The predicted octanol–water partition coefficient (Wildman–Crippen LogP) is 1.92. The van der Waals surface area contributed by atoms with E-state index in [0.29, 0.717) is 5.92 Å². The topological polar surface area (TPSA) is 0 Å². The van der Waals surface area contributed by atoms with E-state index >= 15 is 0 Å². The number of halogens is 2. The predicted molar refractivity (Wildman–Crippen MR) is 78.3 cm³/mol. The van der Waals surface area contributed by atoms with Crippen LogP contribution in [0.5, 0.6) is 0 Å². The summed E-state index contributed by atoms with van der Waals surface area (Å²) in [6.07, 6.45) is 6.79. The zero-order valence-corrected chi connectivity index (χ0v) is 17.4.